The summed E-state index contributed by atoms with van der Waals surface area (Å²) < 4.78 is 4.72. The minimum atomic E-state index is -0.195. The Morgan fingerprint density at radius 2 is 1.76 bits per heavy atom. The largest absolute Gasteiger partial charge is 0.469 e. The number of hydrogen-bond acceptors (Lipinski definition) is 3. The van der Waals surface area contributed by atoms with Gasteiger partial charge in [-0.1, -0.05) is 0 Å². The van der Waals surface area contributed by atoms with E-state index < -0.39 is 0 Å². The van der Waals surface area contributed by atoms with Crippen molar-refractivity contribution < 1.29 is 14.3 Å². The van der Waals surface area contributed by atoms with Crippen molar-refractivity contribution in [2.75, 3.05) is 33.3 Å². The summed E-state index contributed by atoms with van der Waals surface area (Å²) in [6.45, 7) is 2.91. The summed E-state index contributed by atoms with van der Waals surface area (Å²) >= 11 is 0. The molecule has 2 aliphatic heterocycles. The maximum atomic E-state index is 12.2. The molecule has 0 radical (unpaired) electrons. The first-order chi connectivity index (χ1) is 8.22. The molecule has 2 saturated heterocycles. The van der Waals surface area contributed by atoms with E-state index in [1.54, 1.807) is 4.90 Å². The minimum absolute atomic E-state index is 0.0936. The molecular formula is C12H20N2O3. The van der Waals surface area contributed by atoms with E-state index in [2.05, 4.69) is 0 Å². The van der Waals surface area contributed by atoms with Crippen molar-refractivity contribution >= 4 is 12.0 Å². The number of likely N-dealkylation sites (tertiary alicyclic amines) is 2. The van der Waals surface area contributed by atoms with Crippen LogP contribution in [0.2, 0.25) is 0 Å². The van der Waals surface area contributed by atoms with Crippen molar-refractivity contribution in [2.24, 2.45) is 5.92 Å². The van der Waals surface area contributed by atoms with Gasteiger partial charge in [-0.15, -0.1) is 0 Å². The van der Waals surface area contributed by atoms with Crippen LogP contribution in [0.1, 0.15) is 25.7 Å². The second-order valence-corrected chi connectivity index (χ2v) is 4.79. The molecule has 1 unspecified atom stereocenters. The van der Waals surface area contributed by atoms with Gasteiger partial charge < -0.3 is 14.5 Å². The molecule has 2 heterocycles. The fourth-order valence-corrected chi connectivity index (χ4v) is 2.58. The van der Waals surface area contributed by atoms with Crippen LogP contribution >= 0.6 is 0 Å². The zero-order chi connectivity index (χ0) is 12.3. The average Bonchev–Trinajstić information content (AvgIpc) is 2.87. The first-order valence-corrected chi connectivity index (χ1v) is 6.34. The number of rotatable bonds is 1. The number of piperidine rings is 1. The summed E-state index contributed by atoms with van der Waals surface area (Å²) in [5, 5.41) is 0. The van der Waals surface area contributed by atoms with E-state index in [4.69, 9.17) is 4.74 Å². The second-order valence-electron chi connectivity index (χ2n) is 4.79. The maximum Gasteiger partial charge on any atom is 0.320 e. The Kier molecular flexibility index (Phi) is 3.86. The van der Waals surface area contributed by atoms with Crippen LogP contribution in [0, 0.1) is 5.92 Å². The zero-order valence-corrected chi connectivity index (χ0v) is 10.4. The standard InChI is InChI=1S/C12H20N2O3/c1-17-11(15)10-5-8-14(9-10)12(16)13-6-3-2-4-7-13/h10H,2-9H2,1H3. The predicted octanol–water partition coefficient (Wildman–Crippen LogP) is 1.09. The highest BCUT2D eigenvalue weighted by Crippen LogP contribution is 2.20. The van der Waals surface area contributed by atoms with Gasteiger partial charge in [-0.2, -0.15) is 0 Å². The molecule has 2 rings (SSSR count). The van der Waals surface area contributed by atoms with Crippen molar-refractivity contribution in [3.63, 3.8) is 0 Å². The smallest absolute Gasteiger partial charge is 0.320 e. The van der Waals surface area contributed by atoms with Crippen LogP contribution in [-0.4, -0.2) is 55.1 Å². The van der Waals surface area contributed by atoms with Crippen molar-refractivity contribution in [1.82, 2.24) is 9.80 Å². The van der Waals surface area contributed by atoms with Crippen LogP contribution in [0.3, 0.4) is 0 Å². The van der Waals surface area contributed by atoms with E-state index in [1.165, 1.54) is 13.5 Å². The molecule has 5 heteroatoms. The van der Waals surface area contributed by atoms with E-state index in [1.807, 2.05) is 4.90 Å². The number of carbonyl (C=O) groups excluding carboxylic acids is 2. The number of esters is 1. The number of methoxy groups -OCH3 is 1. The van der Waals surface area contributed by atoms with Gasteiger partial charge >= 0.3 is 12.0 Å². The summed E-state index contributed by atoms with van der Waals surface area (Å²) in [6.07, 6.45) is 4.14. The summed E-state index contributed by atoms with van der Waals surface area (Å²) in [7, 11) is 1.40. The molecule has 17 heavy (non-hydrogen) atoms. The van der Waals surface area contributed by atoms with Crippen molar-refractivity contribution in [1.29, 1.82) is 0 Å². The van der Waals surface area contributed by atoms with Crippen LogP contribution in [0.4, 0.5) is 4.79 Å². The molecule has 0 N–H and O–H groups in total. The number of urea groups is 1. The quantitative estimate of drug-likeness (QED) is 0.645. The summed E-state index contributed by atoms with van der Waals surface area (Å²) in [5.74, 6) is -0.326. The van der Waals surface area contributed by atoms with Crippen LogP contribution in [0.15, 0.2) is 0 Å². The molecule has 2 amide bonds. The van der Waals surface area contributed by atoms with Gasteiger partial charge in [0.15, 0.2) is 0 Å². The lowest BCUT2D eigenvalue weighted by atomic mass is 10.1. The lowest BCUT2D eigenvalue weighted by Crippen LogP contribution is -2.44. The van der Waals surface area contributed by atoms with Gasteiger partial charge in [-0.25, -0.2) is 4.79 Å². The lowest BCUT2D eigenvalue weighted by molar-refractivity contribution is -0.144. The van der Waals surface area contributed by atoms with Gasteiger partial charge in [0.2, 0.25) is 0 Å². The third-order valence-electron chi connectivity index (χ3n) is 3.62. The van der Waals surface area contributed by atoms with Gasteiger partial charge in [0.25, 0.3) is 0 Å². The first kappa shape index (κ1) is 12.2. The minimum Gasteiger partial charge on any atom is -0.469 e. The predicted molar refractivity (Wildman–Crippen MR) is 62.5 cm³/mol. The van der Waals surface area contributed by atoms with E-state index >= 15 is 0 Å². The molecule has 0 aromatic rings. The van der Waals surface area contributed by atoms with Crippen LogP contribution in [-0.2, 0) is 9.53 Å². The topological polar surface area (TPSA) is 49.9 Å². The molecule has 0 bridgehead atoms. The Labute approximate surface area is 102 Å². The van der Waals surface area contributed by atoms with Crippen molar-refractivity contribution in [3.8, 4) is 0 Å². The highest BCUT2D eigenvalue weighted by Gasteiger charge is 2.33. The monoisotopic (exact) mass is 240 g/mol. The molecule has 96 valence electrons. The number of amides is 2. The molecule has 0 saturated carbocycles. The van der Waals surface area contributed by atoms with Crippen LogP contribution in [0.25, 0.3) is 0 Å². The lowest BCUT2D eigenvalue weighted by Gasteiger charge is -2.30. The molecule has 0 aromatic carbocycles. The highest BCUT2D eigenvalue weighted by atomic mass is 16.5. The second kappa shape index (κ2) is 5.38. The molecule has 0 aliphatic carbocycles. The summed E-state index contributed by atoms with van der Waals surface area (Å²) in [6, 6.07) is 0.0936. The Balaban J connectivity index is 1.87. The molecule has 2 fully saturated rings. The molecule has 0 aromatic heterocycles. The van der Waals surface area contributed by atoms with Crippen molar-refractivity contribution in [3.05, 3.63) is 0 Å². The number of carbonyl (C=O) groups is 2. The first-order valence-electron chi connectivity index (χ1n) is 6.34. The highest BCUT2D eigenvalue weighted by molar-refractivity contribution is 5.78. The Bertz CT molecular complexity index is 300. The number of hydrogen-bond donors (Lipinski definition) is 0. The van der Waals surface area contributed by atoms with Crippen molar-refractivity contribution in [2.45, 2.75) is 25.7 Å². The molecular weight excluding hydrogens is 220 g/mol. The summed E-state index contributed by atoms with van der Waals surface area (Å²) in [5.41, 5.74) is 0. The average molecular weight is 240 g/mol. The zero-order valence-electron chi connectivity index (χ0n) is 10.4. The number of ether oxygens (including phenoxy) is 1. The molecule has 5 nitrogen and oxygen atoms in total. The van der Waals surface area contributed by atoms with E-state index in [0.29, 0.717) is 13.1 Å². The summed E-state index contributed by atoms with van der Waals surface area (Å²) in [4.78, 5) is 27.2. The van der Waals surface area contributed by atoms with E-state index in [0.717, 1.165) is 32.4 Å². The Morgan fingerprint density at radius 3 is 2.41 bits per heavy atom. The molecule has 0 spiro atoms. The fraction of sp³-hybridized carbons (Fsp3) is 0.833. The van der Waals surface area contributed by atoms with Gasteiger partial charge in [-0.3, -0.25) is 4.79 Å². The van der Waals surface area contributed by atoms with Gasteiger partial charge in [0.1, 0.15) is 0 Å². The maximum absolute atomic E-state index is 12.2. The SMILES string of the molecule is COC(=O)C1CCN(C(=O)N2CCCCC2)C1. The fourth-order valence-electron chi connectivity index (χ4n) is 2.58. The van der Waals surface area contributed by atoms with Crippen LogP contribution in [0.5, 0.6) is 0 Å². The Morgan fingerprint density at radius 1 is 1.06 bits per heavy atom. The van der Waals surface area contributed by atoms with Gasteiger partial charge in [0.05, 0.1) is 13.0 Å². The number of nitrogens with zero attached hydrogens (tertiary/aromatic N) is 2. The van der Waals surface area contributed by atoms with E-state index in [-0.39, 0.29) is 17.9 Å². The molecule has 2 aliphatic rings. The van der Waals surface area contributed by atoms with E-state index in [9.17, 15) is 9.59 Å². The third-order valence-corrected chi connectivity index (χ3v) is 3.62. The van der Waals surface area contributed by atoms with Gasteiger partial charge in [0, 0.05) is 26.2 Å². The van der Waals surface area contributed by atoms with Crippen LogP contribution < -0.4 is 0 Å². The third kappa shape index (κ3) is 2.70. The Hall–Kier alpha value is -1.26. The molecule has 1 atom stereocenters. The normalized spacial score (nSPS) is 24.9. The van der Waals surface area contributed by atoms with Gasteiger partial charge in [-0.05, 0) is 25.7 Å².